The van der Waals surface area contributed by atoms with Gasteiger partial charge in [-0.25, -0.2) is 4.98 Å². The largest absolute Gasteiger partial charge is 0.389 e. The highest BCUT2D eigenvalue weighted by Gasteiger charge is 2.29. The second-order valence-electron chi connectivity index (χ2n) is 9.97. The molecule has 1 N–H and O–H groups in total. The minimum absolute atomic E-state index is 0.0155. The number of nitrogens with zero attached hydrogens (tertiary/aromatic N) is 3. The van der Waals surface area contributed by atoms with Crippen LogP contribution < -0.4 is 5.32 Å². The molecule has 0 spiro atoms. The molecule has 1 aromatic carbocycles. The number of carbonyl (C=O) groups is 1. The molecule has 1 aliphatic carbocycles. The second-order valence-corrected chi connectivity index (χ2v) is 11.1. The molecule has 0 bridgehead atoms. The van der Waals surface area contributed by atoms with Crippen LogP contribution in [-0.4, -0.2) is 46.1 Å². The maximum atomic E-state index is 12.9. The molecule has 0 atom stereocenters. The van der Waals surface area contributed by atoms with E-state index in [1.807, 2.05) is 30.3 Å². The van der Waals surface area contributed by atoms with E-state index in [9.17, 15) is 18.0 Å². The number of amides is 1. The number of benzene rings is 1. The number of halogens is 3. The third-order valence-electron chi connectivity index (χ3n) is 7.40. The maximum Gasteiger partial charge on any atom is 0.389 e. The minimum atomic E-state index is -4.13. The highest BCUT2D eigenvalue weighted by atomic mass is 32.1. The molecular formula is C27H31F3N4OS. The fourth-order valence-corrected chi connectivity index (χ4v) is 6.44. The highest BCUT2D eigenvalue weighted by Crippen LogP contribution is 2.31. The Bertz CT molecular complexity index is 1200. The summed E-state index contributed by atoms with van der Waals surface area (Å²) in [6.07, 6.45) is 2.94. The number of aryl methyl sites for hydroxylation is 1. The molecule has 192 valence electrons. The summed E-state index contributed by atoms with van der Waals surface area (Å²) in [6, 6.07) is 9.64. The van der Waals surface area contributed by atoms with Crippen molar-refractivity contribution in [3.05, 3.63) is 57.7 Å². The van der Waals surface area contributed by atoms with Gasteiger partial charge in [-0.1, -0.05) is 12.1 Å². The first-order valence-electron chi connectivity index (χ1n) is 12.8. The Morgan fingerprint density at radius 1 is 1.14 bits per heavy atom. The third-order valence-corrected chi connectivity index (χ3v) is 8.62. The highest BCUT2D eigenvalue weighted by molar-refractivity contribution is 7.11. The fourth-order valence-electron chi connectivity index (χ4n) is 5.38. The van der Waals surface area contributed by atoms with Gasteiger partial charge in [-0.05, 0) is 69.2 Å². The normalized spacial score (nSPS) is 20.9. The van der Waals surface area contributed by atoms with E-state index in [-0.39, 0.29) is 18.4 Å². The molecule has 0 radical (unpaired) electrons. The SMILES string of the molecule is O=C(NC1CCC(CCN2CCc3sc(CCC(F)(F)F)nc3C2)CC1)c1cccc2ncccc12. The maximum absolute atomic E-state index is 12.9. The van der Waals surface area contributed by atoms with Gasteiger partial charge in [-0.15, -0.1) is 11.3 Å². The Labute approximate surface area is 213 Å². The summed E-state index contributed by atoms with van der Waals surface area (Å²) in [4.78, 5) is 25.3. The van der Waals surface area contributed by atoms with Crippen LogP contribution in [0.1, 0.15) is 64.5 Å². The molecule has 5 nitrogen and oxygen atoms in total. The molecule has 9 heteroatoms. The van der Waals surface area contributed by atoms with Crippen LogP contribution in [0.15, 0.2) is 36.5 Å². The van der Waals surface area contributed by atoms with Crippen LogP contribution in [0.3, 0.4) is 0 Å². The molecule has 2 aliphatic rings. The van der Waals surface area contributed by atoms with Crippen LogP contribution in [0.4, 0.5) is 13.2 Å². The summed E-state index contributed by atoms with van der Waals surface area (Å²) in [7, 11) is 0. The first-order chi connectivity index (χ1) is 17.3. The Hall–Kier alpha value is -2.52. The molecule has 1 amide bonds. The Kier molecular flexibility index (Phi) is 7.57. The van der Waals surface area contributed by atoms with E-state index in [1.165, 1.54) is 11.3 Å². The third kappa shape index (κ3) is 6.24. The number of alkyl halides is 3. The minimum Gasteiger partial charge on any atom is -0.349 e. The quantitative estimate of drug-likeness (QED) is 0.423. The first-order valence-corrected chi connectivity index (χ1v) is 13.6. The molecular weight excluding hydrogens is 485 g/mol. The molecule has 5 rings (SSSR count). The van der Waals surface area contributed by atoms with Gasteiger partial charge in [-0.3, -0.25) is 14.7 Å². The number of nitrogens with one attached hydrogen (secondary N) is 1. The van der Waals surface area contributed by atoms with Crippen molar-refractivity contribution in [2.45, 2.75) is 70.1 Å². The number of hydrogen-bond acceptors (Lipinski definition) is 5. The lowest BCUT2D eigenvalue weighted by molar-refractivity contribution is -0.134. The lowest BCUT2D eigenvalue weighted by atomic mass is 9.84. The van der Waals surface area contributed by atoms with E-state index < -0.39 is 12.6 Å². The lowest BCUT2D eigenvalue weighted by Crippen LogP contribution is -2.38. The average Bonchev–Trinajstić information content (AvgIpc) is 3.29. The standard InChI is InChI=1S/C27H31F3N4OS/c28-27(29,30)13-10-25-33-23-17-34(16-12-24(23)36-25)15-11-18-6-8-19(9-7-18)32-26(35)21-3-1-5-22-20(21)4-2-14-31-22/h1-5,14,18-19H,6-13,15-17H2,(H,32,35). The van der Waals surface area contributed by atoms with Crippen molar-refractivity contribution in [1.29, 1.82) is 0 Å². The van der Waals surface area contributed by atoms with Crippen LogP contribution in [0.5, 0.6) is 0 Å². The van der Waals surface area contributed by atoms with Gasteiger partial charge >= 0.3 is 6.18 Å². The van der Waals surface area contributed by atoms with E-state index in [4.69, 9.17) is 0 Å². The number of thiazole rings is 1. The van der Waals surface area contributed by atoms with Crippen LogP contribution >= 0.6 is 11.3 Å². The van der Waals surface area contributed by atoms with Crippen LogP contribution in [0.25, 0.3) is 10.9 Å². The summed E-state index contributed by atoms with van der Waals surface area (Å²) in [5.41, 5.74) is 2.48. The number of pyridine rings is 1. The van der Waals surface area contributed by atoms with Gasteiger partial charge in [0.1, 0.15) is 0 Å². The van der Waals surface area contributed by atoms with E-state index in [2.05, 4.69) is 20.2 Å². The molecule has 3 aromatic rings. The molecule has 1 saturated carbocycles. The second kappa shape index (κ2) is 10.8. The molecule has 3 heterocycles. The average molecular weight is 517 g/mol. The predicted octanol–water partition coefficient (Wildman–Crippen LogP) is 5.92. The van der Waals surface area contributed by atoms with Gasteiger partial charge < -0.3 is 5.32 Å². The Morgan fingerprint density at radius 2 is 1.97 bits per heavy atom. The van der Waals surface area contributed by atoms with Gasteiger partial charge in [0.05, 0.1) is 16.2 Å². The monoisotopic (exact) mass is 516 g/mol. The molecule has 1 fully saturated rings. The first kappa shape index (κ1) is 25.1. The lowest BCUT2D eigenvalue weighted by Gasteiger charge is -2.32. The molecule has 0 saturated heterocycles. The Morgan fingerprint density at radius 3 is 2.78 bits per heavy atom. The topological polar surface area (TPSA) is 58.1 Å². The van der Waals surface area contributed by atoms with E-state index in [0.29, 0.717) is 16.5 Å². The number of carbonyl (C=O) groups excluding carboxylic acids is 1. The molecule has 36 heavy (non-hydrogen) atoms. The molecule has 0 unspecified atom stereocenters. The number of fused-ring (bicyclic) bond motifs is 2. The van der Waals surface area contributed by atoms with Crippen molar-refractivity contribution in [1.82, 2.24) is 20.2 Å². The van der Waals surface area contributed by atoms with Crippen molar-refractivity contribution < 1.29 is 18.0 Å². The van der Waals surface area contributed by atoms with E-state index in [0.717, 1.165) is 79.6 Å². The zero-order valence-corrected chi connectivity index (χ0v) is 21.0. The van der Waals surface area contributed by atoms with Gasteiger partial charge in [-0.2, -0.15) is 13.2 Å². The zero-order valence-electron chi connectivity index (χ0n) is 20.2. The number of rotatable bonds is 7. The van der Waals surface area contributed by atoms with Gasteiger partial charge in [0.25, 0.3) is 5.91 Å². The summed E-state index contributed by atoms with van der Waals surface area (Å²) in [6.45, 7) is 2.67. The van der Waals surface area contributed by atoms with Gasteiger partial charge in [0, 0.05) is 54.0 Å². The molecule has 1 aliphatic heterocycles. The predicted molar refractivity (Wildman–Crippen MR) is 135 cm³/mol. The summed E-state index contributed by atoms with van der Waals surface area (Å²) in [5.74, 6) is 0.609. The smallest absolute Gasteiger partial charge is 0.349 e. The van der Waals surface area contributed by atoms with E-state index in [1.54, 1.807) is 6.20 Å². The van der Waals surface area contributed by atoms with Gasteiger partial charge in [0.15, 0.2) is 0 Å². The van der Waals surface area contributed by atoms with Crippen LogP contribution in [0.2, 0.25) is 0 Å². The van der Waals surface area contributed by atoms with E-state index >= 15 is 0 Å². The number of hydrogen-bond donors (Lipinski definition) is 1. The van der Waals surface area contributed by atoms with Crippen molar-refractivity contribution >= 4 is 28.1 Å². The number of aromatic nitrogens is 2. The molecule has 2 aromatic heterocycles. The fraction of sp³-hybridized carbons (Fsp3) is 0.519. The van der Waals surface area contributed by atoms with Crippen molar-refractivity contribution in [2.75, 3.05) is 13.1 Å². The zero-order chi connectivity index (χ0) is 25.1. The van der Waals surface area contributed by atoms with Crippen molar-refractivity contribution in [2.24, 2.45) is 5.92 Å². The van der Waals surface area contributed by atoms with Crippen molar-refractivity contribution in [3.63, 3.8) is 0 Å². The van der Waals surface area contributed by atoms with Crippen LogP contribution in [-0.2, 0) is 19.4 Å². The van der Waals surface area contributed by atoms with Crippen LogP contribution in [0, 0.1) is 5.92 Å². The Balaban J connectivity index is 1.06. The summed E-state index contributed by atoms with van der Waals surface area (Å²) < 4.78 is 37.6. The summed E-state index contributed by atoms with van der Waals surface area (Å²) >= 11 is 1.45. The van der Waals surface area contributed by atoms with Crippen molar-refractivity contribution in [3.8, 4) is 0 Å². The summed E-state index contributed by atoms with van der Waals surface area (Å²) in [5, 5.41) is 4.72. The van der Waals surface area contributed by atoms with Gasteiger partial charge in [0.2, 0.25) is 0 Å².